The normalized spacial score (nSPS) is 22.9. The molecule has 0 atom stereocenters. The molecule has 0 saturated heterocycles. The van der Waals surface area contributed by atoms with E-state index < -0.39 is 0 Å². The maximum absolute atomic E-state index is 11.3. The fourth-order valence-corrected chi connectivity index (χ4v) is 2.04. The van der Waals surface area contributed by atoms with Gasteiger partial charge in [-0.25, -0.2) is 4.79 Å². The van der Waals surface area contributed by atoms with Gasteiger partial charge >= 0.3 is 6.03 Å². The molecule has 2 saturated carbocycles. The zero-order valence-corrected chi connectivity index (χ0v) is 9.17. The van der Waals surface area contributed by atoms with Crippen LogP contribution in [0.3, 0.4) is 0 Å². The van der Waals surface area contributed by atoms with Crippen molar-refractivity contribution in [2.75, 3.05) is 0 Å². The summed E-state index contributed by atoms with van der Waals surface area (Å²) in [6.45, 7) is 0. The van der Waals surface area contributed by atoms with E-state index in [1.54, 1.807) is 0 Å². The molecule has 0 spiro atoms. The first-order valence-corrected chi connectivity index (χ1v) is 6.08. The lowest BCUT2D eigenvalue weighted by molar-refractivity contribution is 0.243. The highest BCUT2D eigenvalue weighted by atomic mass is 16.2. The number of carbonyl (C=O) groups is 1. The van der Waals surface area contributed by atoms with Crippen molar-refractivity contribution in [2.24, 2.45) is 5.92 Å². The average Bonchev–Trinajstić information content (AvgIpc) is 3.03. The minimum atomic E-state index is -0.0513. The molecule has 2 fully saturated rings. The SMILES string of the molecule is O=C(N/C=C/C1CCCCC1)NC1CC1. The first-order valence-electron chi connectivity index (χ1n) is 6.08. The quantitative estimate of drug-likeness (QED) is 0.735. The van der Waals surface area contributed by atoms with Crippen LogP contribution in [0.15, 0.2) is 12.3 Å². The number of hydrogen-bond donors (Lipinski definition) is 2. The van der Waals surface area contributed by atoms with Gasteiger partial charge in [-0.1, -0.05) is 25.3 Å². The van der Waals surface area contributed by atoms with Gasteiger partial charge in [0.1, 0.15) is 0 Å². The van der Waals surface area contributed by atoms with Crippen LogP contribution in [-0.2, 0) is 0 Å². The van der Waals surface area contributed by atoms with E-state index in [2.05, 4.69) is 16.7 Å². The Labute approximate surface area is 91.3 Å². The first-order chi connectivity index (χ1) is 7.34. The predicted molar refractivity (Wildman–Crippen MR) is 60.4 cm³/mol. The van der Waals surface area contributed by atoms with Crippen LogP contribution in [0.2, 0.25) is 0 Å². The molecule has 84 valence electrons. The monoisotopic (exact) mass is 208 g/mol. The number of urea groups is 1. The van der Waals surface area contributed by atoms with Gasteiger partial charge in [-0.2, -0.15) is 0 Å². The van der Waals surface area contributed by atoms with Crippen LogP contribution < -0.4 is 10.6 Å². The molecule has 0 aromatic carbocycles. The smallest absolute Gasteiger partial charge is 0.318 e. The highest BCUT2D eigenvalue weighted by molar-refractivity contribution is 5.75. The lowest BCUT2D eigenvalue weighted by atomic mass is 9.89. The molecule has 0 aromatic heterocycles. The number of carbonyl (C=O) groups excluding carboxylic acids is 1. The van der Waals surface area contributed by atoms with Crippen LogP contribution in [0.1, 0.15) is 44.9 Å². The van der Waals surface area contributed by atoms with Crippen LogP contribution in [-0.4, -0.2) is 12.1 Å². The zero-order chi connectivity index (χ0) is 10.5. The highest BCUT2D eigenvalue weighted by Gasteiger charge is 2.22. The molecule has 0 unspecified atom stereocenters. The van der Waals surface area contributed by atoms with E-state index >= 15 is 0 Å². The second kappa shape index (κ2) is 5.19. The summed E-state index contributed by atoms with van der Waals surface area (Å²) in [5, 5.41) is 5.66. The summed E-state index contributed by atoms with van der Waals surface area (Å²) in [6.07, 6.45) is 12.8. The summed E-state index contributed by atoms with van der Waals surface area (Å²) in [7, 11) is 0. The van der Waals surface area contributed by atoms with Gasteiger partial charge in [0.15, 0.2) is 0 Å². The molecule has 2 rings (SSSR count). The Morgan fingerprint density at radius 1 is 1.07 bits per heavy atom. The van der Waals surface area contributed by atoms with E-state index in [9.17, 15) is 4.79 Å². The maximum Gasteiger partial charge on any atom is 0.318 e. The summed E-state index contributed by atoms with van der Waals surface area (Å²) >= 11 is 0. The summed E-state index contributed by atoms with van der Waals surface area (Å²) in [5.41, 5.74) is 0. The molecule has 0 aliphatic heterocycles. The van der Waals surface area contributed by atoms with Gasteiger partial charge in [-0.15, -0.1) is 0 Å². The molecule has 2 aliphatic rings. The van der Waals surface area contributed by atoms with Crippen LogP contribution in [0.25, 0.3) is 0 Å². The lowest BCUT2D eigenvalue weighted by Gasteiger charge is -2.17. The van der Waals surface area contributed by atoms with Gasteiger partial charge in [0, 0.05) is 12.2 Å². The molecule has 0 heterocycles. The molecule has 15 heavy (non-hydrogen) atoms. The summed E-state index contributed by atoms with van der Waals surface area (Å²) in [6, 6.07) is 0.387. The predicted octanol–water partition coefficient (Wildman–Crippen LogP) is 2.54. The van der Waals surface area contributed by atoms with Crippen LogP contribution in [0, 0.1) is 5.92 Å². The average molecular weight is 208 g/mol. The molecule has 0 bridgehead atoms. The Morgan fingerprint density at radius 2 is 1.80 bits per heavy atom. The molecular weight excluding hydrogens is 188 g/mol. The second-order valence-electron chi connectivity index (χ2n) is 4.65. The highest BCUT2D eigenvalue weighted by Crippen LogP contribution is 2.24. The summed E-state index contributed by atoms with van der Waals surface area (Å²) in [5.74, 6) is 0.681. The van der Waals surface area contributed by atoms with E-state index in [1.807, 2.05) is 6.20 Å². The summed E-state index contributed by atoms with van der Waals surface area (Å²) < 4.78 is 0. The Morgan fingerprint density at radius 3 is 2.47 bits per heavy atom. The third-order valence-electron chi connectivity index (χ3n) is 3.15. The third-order valence-corrected chi connectivity index (χ3v) is 3.15. The van der Waals surface area contributed by atoms with Gasteiger partial charge in [-0.3, -0.25) is 0 Å². The van der Waals surface area contributed by atoms with Crippen LogP contribution >= 0.6 is 0 Å². The fourth-order valence-electron chi connectivity index (χ4n) is 2.04. The van der Waals surface area contributed by atoms with Crippen molar-refractivity contribution in [3.05, 3.63) is 12.3 Å². The van der Waals surface area contributed by atoms with Crippen molar-refractivity contribution in [2.45, 2.75) is 51.0 Å². The van der Waals surface area contributed by atoms with Crippen LogP contribution in [0.5, 0.6) is 0 Å². The molecule has 0 radical (unpaired) electrons. The fraction of sp³-hybridized carbons (Fsp3) is 0.750. The first kappa shape index (κ1) is 10.5. The van der Waals surface area contributed by atoms with E-state index in [0.29, 0.717) is 12.0 Å². The summed E-state index contributed by atoms with van der Waals surface area (Å²) in [4.78, 5) is 11.3. The number of allylic oxidation sites excluding steroid dienone is 1. The van der Waals surface area contributed by atoms with Crippen molar-refractivity contribution in [1.29, 1.82) is 0 Å². The largest absolute Gasteiger partial charge is 0.335 e. The van der Waals surface area contributed by atoms with Gasteiger partial charge < -0.3 is 10.6 Å². The minimum Gasteiger partial charge on any atom is -0.335 e. The molecule has 3 heteroatoms. The van der Waals surface area contributed by atoms with E-state index in [-0.39, 0.29) is 6.03 Å². The van der Waals surface area contributed by atoms with Crippen molar-refractivity contribution in [3.63, 3.8) is 0 Å². The van der Waals surface area contributed by atoms with Gasteiger partial charge in [-0.05, 0) is 31.6 Å². The van der Waals surface area contributed by atoms with Crippen molar-refractivity contribution >= 4 is 6.03 Å². The molecule has 2 aliphatic carbocycles. The number of hydrogen-bond acceptors (Lipinski definition) is 1. The Kier molecular flexibility index (Phi) is 3.64. The molecule has 2 N–H and O–H groups in total. The van der Waals surface area contributed by atoms with Crippen LogP contribution in [0.4, 0.5) is 4.79 Å². The van der Waals surface area contributed by atoms with Crippen molar-refractivity contribution in [3.8, 4) is 0 Å². The standard InChI is InChI=1S/C12H20N2O/c15-12(14-11-6-7-11)13-9-8-10-4-2-1-3-5-10/h8-11H,1-7H2,(H2,13,14,15)/b9-8+. The number of nitrogens with one attached hydrogen (secondary N) is 2. The number of rotatable bonds is 3. The molecule has 2 amide bonds. The van der Waals surface area contributed by atoms with E-state index in [0.717, 1.165) is 12.8 Å². The van der Waals surface area contributed by atoms with E-state index in [1.165, 1.54) is 32.1 Å². The molecule has 0 aromatic rings. The lowest BCUT2D eigenvalue weighted by Crippen LogP contribution is -2.33. The zero-order valence-electron chi connectivity index (χ0n) is 9.17. The van der Waals surface area contributed by atoms with Gasteiger partial charge in [0.05, 0.1) is 0 Å². The van der Waals surface area contributed by atoms with E-state index in [4.69, 9.17) is 0 Å². The van der Waals surface area contributed by atoms with Crippen molar-refractivity contribution in [1.82, 2.24) is 10.6 Å². The van der Waals surface area contributed by atoms with Gasteiger partial charge in [0.2, 0.25) is 0 Å². The number of amides is 2. The Bertz CT molecular complexity index is 240. The molecular formula is C12H20N2O. The Balaban J connectivity index is 1.62. The van der Waals surface area contributed by atoms with Crippen molar-refractivity contribution < 1.29 is 4.79 Å². The maximum atomic E-state index is 11.3. The third kappa shape index (κ3) is 3.94. The molecule has 3 nitrogen and oxygen atoms in total. The Hall–Kier alpha value is -0.990. The topological polar surface area (TPSA) is 41.1 Å². The minimum absolute atomic E-state index is 0.0513. The van der Waals surface area contributed by atoms with Gasteiger partial charge in [0.25, 0.3) is 0 Å². The second-order valence-corrected chi connectivity index (χ2v) is 4.65.